The highest BCUT2D eigenvalue weighted by atomic mass is 19.1. The largest absolute Gasteiger partial charge is 0.402 e. The lowest BCUT2D eigenvalue weighted by atomic mass is 10.3. The number of rotatable bonds is 6. The van der Waals surface area contributed by atoms with E-state index in [0.29, 0.717) is 5.82 Å². The summed E-state index contributed by atoms with van der Waals surface area (Å²) in [5.41, 5.74) is 6.50. The second kappa shape index (κ2) is 7.51. The number of allylic oxidation sites excluding steroid dienone is 1. The van der Waals surface area contributed by atoms with E-state index >= 15 is 0 Å². The molecule has 1 rings (SSSR count). The van der Waals surface area contributed by atoms with E-state index in [-0.39, 0.29) is 5.82 Å². The van der Waals surface area contributed by atoms with Crippen molar-refractivity contribution in [2.45, 2.75) is 13.3 Å². The molecule has 17 heavy (non-hydrogen) atoms. The Bertz CT molecular complexity index is 384. The first-order chi connectivity index (χ1) is 8.22. The van der Waals surface area contributed by atoms with Crippen molar-refractivity contribution in [2.75, 3.05) is 13.1 Å². The molecule has 0 fully saturated rings. The number of nitrogens with one attached hydrogen (secondary N) is 1. The van der Waals surface area contributed by atoms with E-state index in [4.69, 9.17) is 5.73 Å². The van der Waals surface area contributed by atoms with E-state index in [1.807, 2.05) is 6.92 Å². The van der Waals surface area contributed by atoms with E-state index in [1.165, 1.54) is 12.1 Å². The average molecular weight is 236 g/mol. The van der Waals surface area contributed by atoms with Crippen molar-refractivity contribution < 1.29 is 4.39 Å². The van der Waals surface area contributed by atoms with Crippen LogP contribution in [0.15, 0.2) is 35.1 Å². The van der Waals surface area contributed by atoms with Gasteiger partial charge in [0.2, 0.25) is 0 Å². The van der Waals surface area contributed by atoms with E-state index in [9.17, 15) is 4.39 Å². The molecule has 1 aromatic heterocycles. The Morgan fingerprint density at radius 1 is 1.59 bits per heavy atom. The van der Waals surface area contributed by atoms with Crippen LogP contribution in [0, 0.1) is 5.82 Å². The molecule has 0 saturated carbocycles. The van der Waals surface area contributed by atoms with E-state index in [0.717, 1.165) is 31.4 Å². The summed E-state index contributed by atoms with van der Waals surface area (Å²) in [6.45, 7) is 3.82. The number of aliphatic imine (C=N–C) groups is 1. The molecular weight excluding hydrogens is 219 g/mol. The summed E-state index contributed by atoms with van der Waals surface area (Å²) in [6, 6.07) is 2.83. The first-order valence-electron chi connectivity index (χ1n) is 5.53. The Morgan fingerprint density at radius 3 is 3.06 bits per heavy atom. The average Bonchev–Trinajstić information content (AvgIpc) is 2.32. The number of halogens is 1. The van der Waals surface area contributed by atoms with Crippen molar-refractivity contribution >= 4 is 12.0 Å². The number of hydrogen-bond acceptors (Lipinski definition) is 4. The highest BCUT2D eigenvalue weighted by Gasteiger charge is 1.91. The molecule has 0 unspecified atom stereocenters. The minimum atomic E-state index is -0.371. The van der Waals surface area contributed by atoms with E-state index < -0.39 is 0 Å². The standard InChI is InChI=1S/C12H17FN4/c1-2-15-7-5-11(14)6-8-16-12-4-3-10(13)9-17-12/h3-4,6,8-9,15H,2,5,7,14H2,1H3. The molecule has 5 heteroatoms. The van der Waals surface area contributed by atoms with E-state index in [1.54, 1.807) is 12.3 Å². The lowest BCUT2D eigenvalue weighted by molar-refractivity contribution is 0.621. The fraction of sp³-hybridized carbons (Fsp3) is 0.333. The second-order valence-electron chi connectivity index (χ2n) is 3.46. The van der Waals surface area contributed by atoms with Gasteiger partial charge in [0.15, 0.2) is 5.82 Å². The van der Waals surface area contributed by atoms with Crippen LogP contribution < -0.4 is 11.1 Å². The summed E-state index contributed by atoms with van der Waals surface area (Å²) in [6.07, 6.45) is 5.20. The summed E-state index contributed by atoms with van der Waals surface area (Å²) in [7, 11) is 0. The predicted octanol–water partition coefficient (Wildman–Crippen LogP) is 1.77. The summed E-state index contributed by atoms with van der Waals surface area (Å²) in [5.74, 6) is 0.0896. The quantitative estimate of drug-likeness (QED) is 0.584. The lowest BCUT2D eigenvalue weighted by Crippen LogP contribution is -2.16. The van der Waals surface area contributed by atoms with Crippen LogP contribution in [-0.2, 0) is 0 Å². The van der Waals surface area contributed by atoms with Crippen molar-refractivity contribution in [3.8, 4) is 0 Å². The number of aromatic nitrogens is 1. The molecule has 0 saturated heterocycles. The second-order valence-corrected chi connectivity index (χ2v) is 3.46. The number of hydrogen-bond donors (Lipinski definition) is 2. The third-order valence-corrected chi connectivity index (χ3v) is 2.05. The van der Waals surface area contributed by atoms with Crippen LogP contribution in [0.1, 0.15) is 13.3 Å². The first-order valence-corrected chi connectivity index (χ1v) is 5.53. The van der Waals surface area contributed by atoms with Gasteiger partial charge in [0.1, 0.15) is 5.82 Å². The highest BCUT2D eigenvalue weighted by molar-refractivity contribution is 5.74. The molecule has 0 spiro atoms. The molecule has 0 bridgehead atoms. The lowest BCUT2D eigenvalue weighted by Gasteiger charge is -2.00. The van der Waals surface area contributed by atoms with Crippen molar-refractivity contribution in [1.29, 1.82) is 0 Å². The fourth-order valence-electron chi connectivity index (χ4n) is 1.15. The smallest absolute Gasteiger partial charge is 0.151 e. The van der Waals surface area contributed by atoms with Gasteiger partial charge in [0.25, 0.3) is 0 Å². The van der Waals surface area contributed by atoms with Gasteiger partial charge < -0.3 is 11.1 Å². The van der Waals surface area contributed by atoms with Crippen molar-refractivity contribution in [1.82, 2.24) is 10.3 Å². The molecule has 1 aromatic rings. The minimum Gasteiger partial charge on any atom is -0.402 e. The van der Waals surface area contributed by atoms with Gasteiger partial charge in [-0.05, 0) is 31.2 Å². The summed E-state index contributed by atoms with van der Waals surface area (Å²) in [5, 5.41) is 3.17. The molecule has 3 N–H and O–H groups in total. The van der Waals surface area contributed by atoms with Crippen molar-refractivity contribution in [3.63, 3.8) is 0 Å². The molecule has 0 radical (unpaired) electrons. The summed E-state index contributed by atoms with van der Waals surface area (Å²) in [4.78, 5) is 7.83. The zero-order valence-electron chi connectivity index (χ0n) is 9.86. The first kappa shape index (κ1) is 13.3. The summed E-state index contributed by atoms with van der Waals surface area (Å²) >= 11 is 0. The van der Waals surface area contributed by atoms with Crippen molar-refractivity contribution in [2.24, 2.45) is 10.7 Å². The Labute approximate surface area is 100 Å². The topological polar surface area (TPSA) is 63.3 Å². The molecule has 0 amide bonds. The van der Waals surface area contributed by atoms with Gasteiger partial charge in [-0.15, -0.1) is 0 Å². The maximum atomic E-state index is 12.6. The molecule has 0 aliphatic rings. The predicted molar refractivity (Wildman–Crippen MR) is 67.8 cm³/mol. The minimum absolute atomic E-state index is 0.371. The third-order valence-electron chi connectivity index (χ3n) is 2.05. The number of nitrogens with two attached hydrogens (primary N) is 1. The SMILES string of the molecule is CCNCCC(N)=CC=Nc1ccc(F)cn1. The zero-order valence-corrected chi connectivity index (χ0v) is 9.86. The van der Waals surface area contributed by atoms with Gasteiger partial charge >= 0.3 is 0 Å². The molecule has 0 aliphatic carbocycles. The maximum Gasteiger partial charge on any atom is 0.151 e. The van der Waals surface area contributed by atoms with Crippen LogP contribution in [-0.4, -0.2) is 24.3 Å². The molecular formula is C12H17FN4. The van der Waals surface area contributed by atoms with Gasteiger partial charge in [-0.1, -0.05) is 6.92 Å². The summed E-state index contributed by atoms with van der Waals surface area (Å²) < 4.78 is 12.6. The Morgan fingerprint density at radius 2 is 2.41 bits per heavy atom. The Kier molecular flexibility index (Phi) is 5.88. The van der Waals surface area contributed by atoms with Crippen LogP contribution in [0.2, 0.25) is 0 Å². The Hall–Kier alpha value is -1.75. The van der Waals surface area contributed by atoms with Crippen LogP contribution >= 0.6 is 0 Å². The van der Waals surface area contributed by atoms with E-state index in [2.05, 4.69) is 15.3 Å². The Balaban J connectivity index is 2.42. The monoisotopic (exact) mass is 236 g/mol. The zero-order chi connectivity index (χ0) is 12.5. The highest BCUT2D eigenvalue weighted by Crippen LogP contribution is 2.06. The van der Waals surface area contributed by atoms with Crippen LogP contribution in [0.4, 0.5) is 10.2 Å². The van der Waals surface area contributed by atoms with Gasteiger partial charge in [-0.25, -0.2) is 14.4 Å². The van der Waals surface area contributed by atoms with Gasteiger partial charge in [-0.2, -0.15) is 0 Å². The number of pyridine rings is 1. The van der Waals surface area contributed by atoms with Gasteiger partial charge in [-0.3, -0.25) is 0 Å². The molecule has 92 valence electrons. The number of nitrogens with zero attached hydrogens (tertiary/aromatic N) is 2. The van der Waals surface area contributed by atoms with Crippen LogP contribution in [0.25, 0.3) is 0 Å². The van der Waals surface area contributed by atoms with Crippen LogP contribution in [0.5, 0.6) is 0 Å². The molecule has 1 heterocycles. The third kappa shape index (κ3) is 5.77. The normalized spacial score (nSPS) is 12.2. The molecule has 4 nitrogen and oxygen atoms in total. The molecule has 0 atom stereocenters. The van der Waals surface area contributed by atoms with Crippen LogP contribution in [0.3, 0.4) is 0 Å². The maximum absolute atomic E-state index is 12.6. The molecule has 0 aliphatic heterocycles. The van der Waals surface area contributed by atoms with Gasteiger partial charge in [0, 0.05) is 18.5 Å². The van der Waals surface area contributed by atoms with Gasteiger partial charge in [0.05, 0.1) is 6.20 Å². The fourth-order valence-corrected chi connectivity index (χ4v) is 1.15. The molecule has 0 aromatic carbocycles. The van der Waals surface area contributed by atoms with Crippen molar-refractivity contribution in [3.05, 3.63) is 35.9 Å².